The smallest absolute Gasteiger partial charge is 0.307 e. The lowest BCUT2D eigenvalue weighted by atomic mass is 10.1. The van der Waals surface area contributed by atoms with Crippen molar-refractivity contribution in [2.24, 2.45) is 0 Å². The fraction of sp³-hybridized carbons (Fsp3) is 0.385. The maximum atomic E-state index is 11.6. The van der Waals surface area contributed by atoms with Gasteiger partial charge in [-0.15, -0.1) is 0 Å². The Morgan fingerprint density at radius 1 is 1.28 bits per heavy atom. The van der Waals surface area contributed by atoms with Crippen LogP contribution in [0, 0.1) is 0 Å². The van der Waals surface area contributed by atoms with Crippen LogP contribution in [0.2, 0.25) is 0 Å². The van der Waals surface area contributed by atoms with E-state index in [1.165, 1.54) is 4.90 Å². The Kier molecular flexibility index (Phi) is 4.71. The van der Waals surface area contributed by atoms with Gasteiger partial charge in [-0.25, -0.2) is 0 Å². The van der Waals surface area contributed by atoms with Crippen molar-refractivity contribution in [1.82, 2.24) is 4.90 Å². The van der Waals surface area contributed by atoms with Crippen LogP contribution in [0.3, 0.4) is 0 Å². The van der Waals surface area contributed by atoms with Crippen molar-refractivity contribution in [2.75, 3.05) is 14.1 Å². The summed E-state index contributed by atoms with van der Waals surface area (Å²) in [4.78, 5) is 23.6. The number of carboxylic acid groups (broad SMARTS) is 1. The predicted molar refractivity (Wildman–Crippen MR) is 66.6 cm³/mol. The number of carbonyl (C=O) groups excluding carboxylic acids is 1. The fourth-order valence-corrected chi connectivity index (χ4v) is 1.48. The molecule has 0 aliphatic heterocycles. The van der Waals surface area contributed by atoms with Gasteiger partial charge in [-0.1, -0.05) is 12.1 Å². The first-order valence-corrected chi connectivity index (χ1v) is 5.58. The number of nitrogens with zero attached hydrogens (tertiary/aromatic N) is 1. The monoisotopic (exact) mass is 251 g/mol. The van der Waals surface area contributed by atoms with Gasteiger partial charge >= 0.3 is 5.97 Å². The molecule has 1 rings (SSSR count). The molecule has 0 saturated heterocycles. The maximum Gasteiger partial charge on any atom is 0.307 e. The molecule has 1 aromatic carbocycles. The highest BCUT2D eigenvalue weighted by Gasteiger charge is 2.16. The summed E-state index contributed by atoms with van der Waals surface area (Å²) in [6.07, 6.45) is -0.586. The third kappa shape index (κ3) is 4.08. The molecule has 5 nitrogen and oxygen atoms in total. The quantitative estimate of drug-likeness (QED) is 0.853. The normalized spacial score (nSPS) is 11.7. The molecule has 1 N–H and O–H groups in total. The summed E-state index contributed by atoms with van der Waals surface area (Å²) in [5.41, 5.74) is 0.696. The van der Waals surface area contributed by atoms with Crippen LogP contribution in [-0.2, 0) is 16.0 Å². The summed E-state index contributed by atoms with van der Waals surface area (Å²) in [5.74, 6) is -0.448. The Labute approximate surface area is 106 Å². The molecular formula is C13H17NO4. The number of benzene rings is 1. The van der Waals surface area contributed by atoms with Gasteiger partial charge in [-0.3, -0.25) is 9.59 Å². The lowest BCUT2D eigenvalue weighted by Crippen LogP contribution is -2.35. The number of amides is 1. The number of rotatable bonds is 5. The van der Waals surface area contributed by atoms with Crippen LogP contribution in [0.5, 0.6) is 5.75 Å². The van der Waals surface area contributed by atoms with E-state index < -0.39 is 12.1 Å². The maximum absolute atomic E-state index is 11.6. The van der Waals surface area contributed by atoms with Gasteiger partial charge in [0.05, 0.1) is 6.42 Å². The molecule has 1 atom stereocenters. The van der Waals surface area contributed by atoms with Crippen LogP contribution in [0.4, 0.5) is 0 Å². The van der Waals surface area contributed by atoms with E-state index in [0.29, 0.717) is 11.3 Å². The molecule has 98 valence electrons. The Morgan fingerprint density at radius 2 is 1.83 bits per heavy atom. The highest BCUT2D eigenvalue weighted by atomic mass is 16.5. The van der Waals surface area contributed by atoms with Crippen molar-refractivity contribution in [3.63, 3.8) is 0 Å². The van der Waals surface area contributed by atoms with Gasteiger partial charge < -0.3 is 14.7 Å². The third-order valence-electron chi connectivity index (χ3n) is 2.38. The molecule has 1 amide bonds. The van der Waals surface area contributed by atoms with E-state index in [2.05, 4.69) is 0 Å². The van der Waals surface area contributed by atoms with Crippen molar-refractivity contribution in [3.05, 3.63) is 29.8 Å². The first-order chi connectivity index (χ1) is 8.40. The predicted octanol–water partition coefficient (Wildman–Crippen LogP) is 1.17. The molecule has 1 aromatic rings. The zero-order chi connectivity index (χ0) is 13.7. The van der Waals surface area contributed by atoms with Crippen LogP contribution >= 0.6 is 0 Å². The first kappa shape index (κ1) is 14.0. The molecule has 0 heterocycles. The average Bonchev–Trinajstić information content (AvgIpc) is 2.29. The summed E-state index contributed by atoms with van der Waals surface area (Å²) >= 11 is 0. The summed E-state index contributed by atoms with van der Waals surface area (Å²) in [6.45, 7) is 1.67. The van der Waals surface area contributed by atoms with Crippen LogP contribution in [-0.4, -0.2) is 42.1 Å². The molecule has 0 aliphatic rings. The van der Waals surface area contributed by atoms with Gasteiger partial charge in [-0.2, -0.15) is 0 Å². The largest absolute Gasteiger partial charge is 0.481 e. The standard InChI is InChI=1S/C13H17NO4/c1-9(13(17)14(2)3)18-11-6-4-10(5-7-11)8-12(15)16/h4-7,9H,8H2,1-3H3,(H,15,16). The SMILES string of the molecule is CC(Oc1ccc(CC(=O)O)cc1)C(=O)N(C)C. The van der Waals surface area contributed by atoms with Crippen molar-refractivity contribution >= 4 is 11.9 Å². The number of carboxylic acids is 1. The van der Waals surface area contributed by atoms with E-state index in [-0.39, 0.29) is 12.3 Å². The topological polar surface area (TPSA) is 66.8 Å². The highest BCUT2D eigenvalue weighted by Crippen LogP contribution is 2.14. The van der Waals surface area contributed by atoms with E-state index in [4.69, 9.17) is 9.84 Å². The summed E-state index contributed by atoms with van der Waals surface area (Å²) < 4.78 is 5.46. The van der Waals surface area contributed by atoms with E-state index >= 15 is 0 Å². The average molecular weight is 251 g/mol. The second-order valence-electron chi connectivity index (χ2n) is 4.21. The van der Waals surface area contributed by atoms with E-state index in [0.717, 1.165) is 0 Å². The number of ether oxygens (including phenoxy) is 1. The lowest BCUT2D eigenvalue weighted by Gasteiger charge is -2.18. The minimum atomic E-state index is -0.875. The number of carbonyl (C=O) groups is 2. The van der Waals surface area contributed by atoms with Gasteiger partial charge in [0.15, 0.2) is 6.10 Å². The van der Waals surface area contributed by atoms with Crippen LogP contribution in [0.25, 0.3) is 0 Å². The highest BCUT2D eigenvalue weighted by molar-refractivity contribution is 5.80. The Balaban J connectivity index is 2.63. The van der Waals surface area contributed by atoms with E-state index in [1.54, 1.807) is 45.3 Å². The molecule has 5 heteroatoms. The van der Waals surface area contributed by atoms with Crippen LogP contribution in [0.15, 0.2) is 24.3 Å². The minimum absolute atomic E-state index is 0.0214. The fourth-order valence-electron chi connectivity index (χ4n) is 1.48. The second-order valence-corrected chi connectivity index (χ2v) is 4.21. The van der Waals surface area contributed by atoms with Gasteiger partial charge in [-0.05, 0) is 24.6 Å². The van der Waals surface area contributed by atoms with Gasteiger partial charge in [0.2, 0.25) is 0 Å². The second kappa shape index (κ2) is 6.05. The minimum Gasteiger partial charge on any atom is -0.481 e. The Hall–Kier alpha value is -2.04. The van der Waals surface area contributed by atoms with Gasteiger partial charge in [0.25, 0.3) is 5.91 Å². The zero-order valence-electron chi connectivity index (χ0n) is 10.7. The summed E-state index contributed by atoms with van der Waals surface area (Å²) in [5, 5.41) is 8.63. The number of hydrogen-bond donors (Lipinski definition) is 1. The molecular weight excluding hydrogens is 234 g/mol. The number of likely N-dealkylation sites (N-methyl/N-ethyl adjacent to an activating group) is 1. The molecule has 0 radical (unpaired) electrons. The molecule has 18 heavy (non-hydrogen) atoms. The first-order valence-electron chi connectivity index (χ1n) is 5.58. The lowest BCUT2D eigenvalue weighted by molar-refractivity contribution is -0.136. The molecule has 1 unspecified atom stereocenters. The molecule has 0 bridgehead atoms. The molecule has 0 aliphatic carbocycles. The van der Waals surface area contributed by atoms with E-state index in [9.17, 15) is 9.59 Å². The number of hydrogen-bond acceptors (Lipinski definition) is 3. The van der Waals surface area contributed by atoms with Crippen LogP contribution < -0.4 is 4.74 Å². The van der Waals surface area contributed by atoms with Gasteiger partial charge in [0.1, 0.15) is 5.75 Å². The summed E-state index contributed by atoms with van der Waals surface area (Å²) in [7, 11) is 3.33. The molecule has 0 aromatic heterocycles. The molecule has 0 fully saturated rings. The number of aliphatic carboxylic acids is 1. The third-order valence-corrected chi connectivity index (χ3v) is 2.38. The zero-order valence-corrected chi connectivity index (χ0v) is 10.7. The summed E-state index contributed by atoms with van der Waals surface area (Å²) in [6, 6.07) is 6.68. The van der Waals surface area contributed by atoms with Gasteiger partial charge in [0, 0.05) is 14.1 Å². The van der Waals surface area contributed by atoms with Crippen molar-refractivity contribution in [3.8, 4) is 5.75 Å². The molecule has 0 spiro atoms. The van der Waals surface area contributed by atoms with Crippen molar-refractivity contribution in [2.45, 2.75) is 19.4 Å². The Bertz CT molecular complexity index is 425. The van der Waals surface area contributed by atoms with Crippen molar-refractivity contribution < 1.29 is 19.4 Å². The Morgan fingerprint density at radius 3 is 2.28 bits per heavy atom. The molecule has 0 saturated carbocycles. The van der Waals surface area contributed by atoms with Crippen LogP contribution in [0.1, 0.15) is 12.5 Å². The van der Waals surface area contributed by atoms with E-state index in [1.807, 2.05) is 0 Å². The van der Waals surface area contributed by atoms with Crippen molar-refractivity contribution in [1.29, 1.82) is 0 Å².